The third-order valence-electron chi connectivity index (χ3n) is 3.17. The standard InChI is InChI=1S/C18H32O6S11/c19-10-26-1-3-28-12-32-16(21)7-25-5-6-35(24)15-31-14-34-18(23)9-30-8-17(22)33-13-29-4-2-27-11-20/h19-20H,1-15H2. The van der Waals surface area contributed by atoms with Gasteiger partial charge < -0.3 is 10.2 Å². The first kappa shape index (κ1) is 37.6. The van der Waals surface area contributed by atoms with Gasteiger partial charge in [-0.3, -0.25) is 18.6 Å². The number of carbonyl (C=O) groups excluding carboxylic acids is 3. The molecule has 0 aliphatic heterocycles. The molecule has 0 spiro atoms. The van der Waals surface area contributed by atoms with Crippen molar-refractivity contribution in [3.63, 3.8) is 0 Å². The van der Waals surface area contributed by atoms with Crippen LogP contribution in [0.4, 0.5) is 0 Å². The molecule has 0 heterocycles. The van der Waals surface area contributed by atoms with Crippen LogP contribution in [0.5, 0.6) is 0 Å². The van der Waals surface area contributed by atoms with E-state index in [-0.39, 0.29) is 27.2 Å². The third kappa shape index (κ3) is 29.4. The minimum absolute atomic E-state index is 0.0263. The summed E-state index contributed by atoms with van der Waals surface area (Å²) in [5.41, 5.74) is 0. The molecular formula is C18H32O6S11. The second-order valence-electron chi connectivity index (χ2n) is 5.81. The van der Waals surface area contributed by atoms with Crippen molar-refractivity contribution < 1.29 is 28.8 Å². The molecule has 0 fully saturated rings. The maximum atomic E-state index is 12.0. The topological polar surface area (TPSA) is 109 Å². The molecule has 0 aromatic heterocycles. The van der Waals surface area contributed by atoms with E-state index in [0.717, 1.165) is 28.1 Å². The van der Waals surface area contributed by atoms with E-state index in [1.807, 2.05) is 0 Å². The number of aliphatic hydroxyl groups is 2. The molecule has 1 unspecified atom stereocenters. The summed E-state index contributed by atoms with van der Waals surface area (Å²) in [6, 6.07) is 0. The Morgan fingerprint density at radius 3 is 1.46 bits per heavy atom. The van der Waals surface area contributed by atoms with E-state index in [1.54, 1.807) is 23.5 Å². The van der Waals surface area contributed by atoms with Gasteiger partial charge in [-0.1, -0.05) is 35.3 Å². The SMILES string of the molecule is O=C(CSCCS(=O)CSCSC(=O)CSCC(=O)SCSCCSCO)SCSCCSCO. The second kappa shape index (κ2) is 29.6. The Kier molecular flexibility index (Phi) is 31.7. The van der Waals surface area contributed by atoms with Crippen LogP contribution < -0.4 is 0 Å². The molecule has 0 radical (unpaired) electrons. The van der Waals surface area contributed by atoms with Gasteiger partial charge in [0, 0.05) is 60.6 Å². The van der Waals surface area contributed by atoms with Gasteiger partial charge >= 0.3 is 0 Å². The van der Waals surface area contributed by atoms with E-state index in [2.05, 4.69) is 0 Å². The van der Waals surface area contributed by atoms with E-state index in [0.29, 0.717) is 44.0 Å². The van der Waals surface area contributed by atoms with Gasteiger partial charge in [-0.05, 0) is 0 Å². The van der Waals surface area contributed by atoms with Crippen LogP contribution >= 0.6 is 118 Å². The van der Waals surface area contributed by atoms with Crippen molar-refractivity contribution in [2.75, 3.05) is 84.0 Å². The van der Waals surface area contributed by atoms with E-state index in [4.69, 9.17) is 10.2 Å². The van der Waals surface area contributed by atoms with Crippen LogP contribution in [0.15, 0.2) is 0 Å². The largest absolute Gasteiger partial charge is 0.386 e. The Balaban J connectivity index is 3.51. The minimum Gasteiger partial charge on any atom is -0.386 e. The molecule has 0 saturated heterocycles. The Hall–Kier alpha value is 2.58. The summed E-state index contributed by atoms with van der Waals surface area (Å²) < 4.78 is 12.0. The van der Waals surface area contributed by atoms with Crippen molar-refractivity contribution in [1.82, 2.24) is 0 Å². The Morgan fingerprint density at radius 2 is 0.971 bits per heavy atom. The molecule has 0 aliphatic rings. The number of carbonyl (C=O) groups is 3. The highest BCUT2D eigenvalue weighted by Gasteiger charge is 2.09. The first-order valence-corrected chi connectivity index (χ1v) is 22.6. The van der Waals surface area contributed by atoms with Crippen LogP contribution in [0.2, 0.25) is 0 Å². The molecule has 6 nitrogen and oxygen atoms in total. The highest BCUT2D eigenvalue weighted by molar-refractivity contribution is 8.27. The fourth-order valence-corrected chi connectivity index (χ4v) is 13.1. The van der Waals surface area contributed by atoms with Gasteiger partial charge in [0.05, 0.1) is 34.2 Å². The summed E-state index contributed by atoms with van der Waals surface area (Å²) in [6.07, 6.45) is 0. The van der Waals surface area contributed by atoms with Crippen LogP contribution in [-0.2, 0) is 25.2 Å². The molecular weight excluding hydrogens is 665 g/mol. The molecule has 17 heteroatoms. The first-order chi connectivity index (χ1) is 17.0. The third-order valence-corrected chi connectivity index (χ3v) is 15.9. The van der Waals surface area contributed by atoms with Crippen molar-refractivity contribution >= 4 is 144 Å². The molecule has 35 heavy (non-hydrogen) atoms. The van der Waals surface area contributed by atoms with Gasteiger partial charge in [0.15, 0.2) is 15.3 Å². The van der Waals surface area contributed by atoms with Crippen molar-refractivity contribution in [3.8, 4) is 0 Å². The lowest BCUT2D eigenvalue weighted by molar-refractivity contribution is -0.109. The molecule has 0 amide bonds. The van der Waals surface area contributed by atoms with Gasteiger partial charge in [-0.25, -0.2) is 0 Å². The number of hydrogen-bond acceptors (Lipinski definition) is 16. The van der Waals surface area contributed by atoms with Crippen molar-refractivity contribution in [2.45, 2.75) is 0 Å². The van der Waals surface area contributed by atoms with Gasteiger partial charge in [0.2, 0.25) is 0 Å². The summed E-state index contributed by atoms with van der Waals surface area (Å²) in [5, 5.41) is 20.0. The average Bonchev–Trinajstić information content (AvgIpc) is 2.84. The molecule has 0 aromatic rings. The Morgan fingerprint density at radius 1 is 0.543 bits per heavy atom. The summed E-state index contributed by atoms with van der Waals surface area (Å²) in [7, 11) is -0.973. The maximum absolute atomic E-state index is 12.0. The predicted molar refractivity (Wildman–Crippen MR) is 177 cm³/mol. The summed E-state index contributed by atoms with van der Waals surface area (Å²) >= 11 is 14.4. The first-order valence-electron chi connectivity index (χ1n) is 10.1. The number of aliphatic hydroxyl groups excluding tert-OH is 2. The Bertz CT molecular complexity index is 585. The monoisotopic (exact) mass is 696 g/mol. The molecule has 0 aromatic carbocycles. The lowest BCUT2D eigenvalue weighted by atomic mass is 10.9. The summed E-state index contributed by atoms with van der Waals surface area (Å²) in [6.45, 7) is 0. The average molecular weight is 697 g/mol. The van der Waals surface area contributed by atoms with Crippen LogP contribution in [-0.4, -0.2) is 114 Å². The van der Waals surface area contributed by atoms with Gasteiger partial charge in [0.25, 0.3) is 0 Å². The molecule has 0 bridgehead atoms. The molecule has 1 atom stereocenters. The molecule has 2 N–H and O–H groups in total. The fourth-order valence-electron chi connectivity index (χ4n) is 1.64. The van der Waals surface area contributed by atoms with E-state index < -0.39 is 10.8 Å². The number of rotatable bonds is 25. The van der Waals surface area contributed by atoms with E-state index >= 15 is 0 Å². The minimum atomic E-state index is -0.973. The smallest absolute Gasteiger partial charge is 0.199 e. The van der Waals surface area contributed by atoms with Crippen molar-refractivity contribution in [3.05, 3.63) is 0 Å². The van der Waals surface area contributed by atoms with Gasteiger partial charge in [-0.2, -0.15) is 11.8 Å². The maximum Gasteiger partial charge on any atom is 0.199 e. The van der Waals surface area contributed by atoms with E-state index in [1.165, 1.54) is 94.1 Å². The van der Waals surface area contributed by atoms with Crippen molar-refractivity contribution in [2.24, 2.45) is 0 Å². The molecule has 0 aliphatic carbocycles. The second-order valence-corrected chi connectivity index (χ2v) is 19.4. The van der Waals surface area contributed by atoms with Crippen molar-refractivity contribution in [1.29, 1.82) is 0 Å². The number of thioether (sulfide) groups is 10. The number of hydrogen-bond donors (Lipinski definition) is 2. The van der Waals surface area contributed by atoms with Crippen LogP contribution in [0.1, 0.15) is 0 Å². The zero-order chi connectivity index (χ0) is 26.0. The highest BCUT2D eigenvalue weighted by Crippen LogP contribution is 2.20. The molecule has 0 rings (SSSR count). The van der Waals surface area contributed by atoms with E-state index in [9.17, 15) is 18.6 Å². The van der Waals surface area contributed by atoms with Crippen LogP contribution in [0, 0.1) is 0 Å². The summed E-state index contributed by atoms with van der Waals surface area (Å²) in [5.74, 6) is 6.09. The fraction of sp³-hybridized carbons (Fsp3) is 0.833. The van der Waals surface area contributed by atoms with Crippen LogP contribution in [0.25, 0.3) is 0 Å². The zero-order valence-corrected chi connectivity index (χ0v) is 28.1. The molecule has 0 saturated carbocycles. The lowest BCUT2D eigenvalue weighted by Crippen LogP contribution is -2.06. The van der Waals surface area contributed by atoms with Gasteiger partial charge in [0.1, 0.15) is 0 Å². The predicted octanol–water partition coefficient (Wildman–Crippen LogP) is 4.38. The normalized spacial score (nSPS) is 12.1. The highest BCUT2D eigenvalue weighted by atomic mass is 32.2. The molecule has 206 valence electrons. The van der Waals surface area contributed by atoms with Crippen LogP contribution in [0.3, 0.4) is 0 Å². The van der Waals surface area contributed by atoms with Gasteiger partial charge in [-0.15, -0.1) is 70.6 Å². The summed E-state index contributed by atoms with van der Waals surface area (Å²) in [4.78, 5) is 35.5. The quantitative estimate of drug-likeness (QED) is 0.104. The zero-order valence-electron chi connectivity index (χ0n) is 19.1. The lowest BCUT2D eigenvalue weighted by Gasteiger charge is -2.04. The Labute approximate surface area is 254 Å².